The predicted molar refractivity (Wildman–Crippen MR) is 595 cm³/mol. The molecule has 0 atom stereocenters. The lowest BCUT2D eigenvalue weighted by molar-refractivity contribution is 0.469. The minimum Gasteiger partial charge on any atom is -0.456 e. The summed E-state index contributed by atoms with van der Waals surface area (Å²) < 4.78 is 10.6. The summed E-state index contributed by atoms with van der Waals surface area (Å²) in [4.78, 5) is 0. The Labute approximate surface area is 814 Å². The third-order valence-electron chi connectivity index (χ3n) is 22.2. The quantitative estimate of drug-likeness (QED) is 0.169. The third kappa shape index (κ3) is 25.3. The van der Waals surface area contributed by atoms with Gasteiger partial charge in [-0.15, -0.1) is 11.3 Å². The van der Waals surface area contributed by atoms with E-state index >= 15 is 0 Å². The second kappa shape index (κ2) is 42.9. The van der Waals surface area contributed by atoms with Crippen LogP contribution in [0.25, 0.3) is 108 Å². The third-order valence-corrected chi connectivity index (χ3v) is 23.3. The second-order valence-electron chi connectivity index (χ2n) is 46.0. The van der Waals surface area contributed by atoms with E-state index in [1.54, 1.807) is 0 Å². The zero-order valence-electron chi connectivity index (χ0n) is 85.9. The minimum absolute atomic E-state index is 0.160. The average Bonchev–Trinajstić information content (AvgIpc) is 1.54. The standard InChI is InChI=1S/C25H16.C25H18.C15H14.C13H11N.C12H8O.C12H8S.6C5H12/c1-5-13-21-17(9-1)18-10-2-6-14-22(18)25(21)23-15-7-3-11-19(23)20-12-4-8-16-24(20)25;1-3-11-19(12-4-1)25(20-13-5-2-6-14-20)23-17-9-7-15-21(23)22-16-8-10-18-24(22)25;1-15(2)13-9-5-3-7-11(13)12-8-4-6-10-14(12)15;1-14-12-8-4-2-6-10(12)11-7-3-5-9-13(11)14;2*1-3-7-11-9(5-1)10-6-2-4-8-12(10)13-11;6*1-5(2,3)4/h1-16H;1-18H;3-10H,1-2H3;2-9H,1H3;2*1-8H;6*1-4H3. The SMILES string of the molecule is CC(C)(C)C.CC(C)(C)C.CC(C)(C)C.CC(C)(C)C.CC(C)(C)C.CC(C)(C)C.CC1(C)c2ccccc2-c2ccccc21.Cn1c2ccccc2c2ccccc21.c1ccc(C2(c3ccccc3)c3ccccc3-c3ccccc32)cc1.c1ccc2c(c1)-c1ccccc1C21c2ccccc2-c2ccccc21.c1ccc2c(c1)oc1ccccc12.c1ccc2c(c1)sc1ccccc12. The van der Waals surface area contributed by atoms with Gasteiger partial charge in [0.1, 0.15) is 11.2 Å². The van der Waals surface area contributed by atoms with Crippen molar-refractivity contribution in [3.8, 4) is 44.5 Å². The van der Waals surface area contributed by atoms with E-state index in [0.29, 0.717) is 32.5 Å². The number of hydrogen-bond donors (Lipinski definition) is 0. The molecule has 0 saturated carbocycles. The zero-order valence-corrected chi connectivity index (χ0v) is 86.7. The van der Waals surface area contributed by atoms with Gasteiger partial charge in [-0.2, -0.15) is 0 Å². The van der Waals surface area contributed by atoms with Gasteiger partial charge >= 0.3 is 0 Å². The fourth-order valence-corrected chi connectivity index (χ4v) is 18.7. The van der Waals surface area contributed by atoms with Crippen LogP contribution in [-0.4, -0.2) is 4.57 Å². The van der Waals surface area contributed by atoms with Gasteiger partial charge in [0.15, 0.2) is 0 Å². The summed E-state index contributed by atoms with van der Waals surface area (Å²) >= 11 is 1.86. The van der Waals surface area contributed by atoms with E-state index in [0.717, 1.165) is 11.2 Å². The maximum Gasteiger partial charge on any atom is 0.135 e. The van der Waals surface area contributed by atoms with Crippen LogP contribution in [0.15, 0.2) is 405 Å². The molecule has 0 N–H and O–H groups in total. The number of fused-ring (bicyclic) bond motifs is 25. The number of nitrogens with zero attached hydrogens (tertiary/aromatic N) is 1. The Balaban J connectivity index is 0.000000139. The second-order valence-corrected chi connectivity index (χ2v) is 47.1. The van der Waals surface area contributed by atoms with Crippen LogP contribution in [-0.2, 0) is 23.3 Å². The van der Waals surface area contributed by atoms with Gasteiger partial charge in [0.2, 0.25) is 0 Å². The highest BCUT2D eigenvalue weighted by atomic mass is 32.1. The first-order valence-corrected chi connectivity index (χ1v) is 49.2. The summed E-state index contributed by atoms with van der Waals surface area (Å²) in [7, 11) is 2.12. The van der Waals surface area contributed by atoms with E-state index in [1.165, 1.54) is 153 Å². The lowest BCUT2D eigenvalue weighted by Crippen LogP contribution is -2.28. The summed E-state index contributed by atoms with van der Waals surface area (Å²) in [6.07, 6.45) is 0. The fraction of sp³-hybridized carbons (Fsp3) is 0.273. The van der Waals surface area contributed by atoms with Crippen molar-refractivity contribution in [2.24, 2.45) is 39.5 Å². The van der Waals surface area contributed by atoms with Gasteiger partial charge < -0.3 is 8.98 Å². The molecule has 0 unspecified atom stereocenters. The first kappa shape index (κ1) is 101. The molecule has 2 nitrogen and oxygen atoms in total. The highest BCUT2D eigenvalue weighted by molar-refractivity contribution is 7.25. The molecule has 3 heteroatoms. The van der Waals surface area contributed by atoms with Crippen molar-refractivity contribution >= 4 is 75.3 Å². The van der Waals surface area contributed by atoms with Crippen molar-refractivity contribution in [2.45, 2.75) is 196 Å². The van der Waals surface area contributed by atoms with E-state index < -0.39 is 0 Å². The fourth-order valence-electron chi connectivity index (χ4n) is 17.6. The number of thiophene rings is 1. The molecule has 4 aliphatic rings. The maximum absolute atomic E-state index is 5.65. The van der Waals surface area contributed by atoms with Crippen molar-refractivity contribution in [1.29, 1.82) is 0 Å². The molecule has 0 aliphatic heterocycles. The first-order valence-electron chi connectivity index (χ1n) is 48.4. The monoisotopic (exact) mass is 1790 g/mol. The number of aryl methyl sites for hydroxylation is 1. The van der Waals surface area contributed by atoms with E-state index in [4.69, 9.17) is 4.42 Å². The van der Waals surface area contributed by atoms with Gasteiger partial charge in [0.05, 0.1) is 10.8 Å². The Bertz CT molecular complexity index is 6260. The molecular weight excluding hydrogens is 1650 g/mol. The Morgan fingerprint density at radius 3 is 0.644 bits per heavy atom. The van der Waals surface area contributed by atoms with E-state index in [2.05, 4.69) is 556 Å². The number of para-hydroxylation sites is 4. The van der Waals surface area contributed by atoms with Crippen molar-refractivity contribution in [1.82, 2.24) is 4.57 Å². The summed E-state index contributed by atoms with van der Waals surface area (Å²) in [5.41, 5.74) is 32.1. The molecule has 19 aromatic rings. The molecular formula is C132H147NOS. The average molecular weight is 1800 g/mol. The summed E-state index contributed by atoms with van der Waals surface area (Å²) in [5.74, 6) is 0. The number of benzene rings is 16. The molecule has 0 fully saturated rings. The number of hydrogen-bond acceptors (Lipinski definition) is 2. The van der Waals surface area contributed by atoms with E-state index in [1.807, 2.05) is 47.7 Å². The molecule has 23 rings (SSSR count). The maximum atomic E-state index is 5.65. The smallest absolute Gasteiger partial charge is 0.135 e. The molecule has 692 valence electrons. The number of rotatable bonds is 2. The molecule has 4 aliphatic carbocycles. The van der Waals surface area contributed by atoms with Crippen LogP contribution in [0, 0.1) is 32.5 Å². The van der Waals surface area contributed by atoms with Crippen LogP contribution in [0.4, 0.5) is 0 Å². The Morgan fingerprint density at radius 1 is 0.193 bits per heavy atom. The van der Waals surface area contributed by atoms with Gasteiger partial charge in [-0.1, -0.05) is 544 Å². The summed E-state index contributed by atoms with van der Waals surface area (Å²) in [6.45, 7) is 57.1. The normalized spacial score (nSPS) is 13.0. The molecule has 0 radical (unpaired) electrons. The highest BCUT2D eigenvalue weighted by Gasteiger charge is 2.51. The molecule has 0 amide bonds. The molecule has 135 heavy (non-hydrogen) atoms. The molecule has 3 aromatic heterocycles. The van der Waals surface area contributed by atoms with Gasteiger partial charge in [-0.3, -0.25) is 0 Å². The van der Waals surface area contributed by atoms with Crippen molar-refractivity contribution < 1.29 is 4.42 Å². The lowest BCUT2D eigenvalue weighted by Gasteiger charge is -2.33. The van der Waals surface area contributed by atoms with E-state index in [-0.39, 0.29) is 16.2 Å². The molecule has 0 bridgehead atoms. The zero-order chi connectivity index (χ0) is 97.5. The van der Waals surface area contributed by atoms with Crippen molar-refractivity contribution in [2.75, 3.05) is 0 Å². The Kier molecular flexibility index (Phi) is 32.2. The molecule has 1 spiro atoms. The van der Waals surface area contributed by atoms with Gasteiger partial charge in [-0.05, 0) is 169 Å². The number of aromatic nitrogens is 1. The topological polar surface area (TPSA) is 18.1 Å². The van der Waals surface area contributed by atoms with Crippen LogP contribution in [0.2, 0.25) is 0 Å². The molecule has 3 heterocycles. The van der Waals surface area contributed by atoms with E-state index in [9.17, 15) is 0 Å². The highest BCUT2D eigenvalue weighted by Crippen LogP contribution is 2.63. The number of furan rings is 1. The minimum atomic E-state index is -0.254. The van der Waals surface area contributed by atoms with Crippen LogP contribution >= 0.6 is 11.3 Å². The lowest BCUT2D eigenvalue weighted by atomic mass is 9.68. The largest absolute Gasteiger partial charge is 0.456 e. The van der Waals surface area contributed by atoms with Crippen LogP contribution in [0.5, 0.6) is 0 Å². The molecule has 16 aromatic carbocycles. The van der Waals surface area contributed by atoms with Crippen molar-refractivity contribution in [3.63, 3.8) is 0 Å². The van der Waals surface area contributed by atoms with Crippen molar-refractivity contribution in [3.05, 3.63) is 456 Å². The Hall–Kier alpha value is -12.7. The molecule has 0 saturated heterocycles. The van der Waals surface area contributed by atoms with Crippen LogP contribution in [0.3, 0.4) is 0 Å². The van der Waals surface area contributed by atoms with Crippen LogP contribution in [0.1, 0.15) is 236 Å². The van der Waals surface area contributed by atoms with Crippen LogP contribution < -0.4 is 0 Å². The predicted octanol–water partition coefficient (Wildman–Crippen LogP) is 39.4. The summed E-state index contributed by atoms with van der Waals surface area (Å²) in [6, 6.07) is 143. The summed E-state index contributed by atoms with van der Waals surface area (Å²) in [5, 5.41) is 7.82. The first-order chi connectivity index (χ1) is 63.8. The Morgan fingerprint density at radius 2 is 0.378 bits per heavy atom. The van der Waals surface area contributed by atoms with Gasteiger partial charge in [0.25, 0.3) is 0 Å². The van der Waals surface area contributed by atoms with Gasteiger partial charge in [-0.25, -0.2) is 0 Å². The van der Waals surface area contributed by atoms with Gasteiger partial charge in [0, 0.05) is 65.2 Å².